The summed E-state index contributed by atoms with van der Waals surface area (Å²) in [7, 11) is 0. The van der Waals surface area contributed by atoms with Gasteiger partial charge >= 0.3 is 0 Å². The molecule has 5 aromatic rings. The summed E-state index contributed by atoms with van der Waals surface area (Å²) in [6.07, 6.45) is 2.96. The van der Waals surface area contributed by atoms with Gasteiger partial charge in [0.25, 0.3) is 0 Å². The number of hydrogen-bond acceptors (Lipinski definition) is 2. The van der Waals surface area contributed by atoms with Crippen molar-refractivity contribution in [3.8, 4) is 22.3 Å². The molecule has 2 unspecified atom stereocenters. The molecule has 0 fully saturated rings. The molecule has 4 heteroatoms. The SMILES string of the molecule is CCCCc1cc(-c2ccccc2)c2c(c1-c1ccccc1)C1(O)c3cccc(Br)c3C2(O)c2cccc(Br)c21. The summed E-state index contributed by atoms with van der Waals surface area (Å²) < 4.78 is 1.55. The lowest BCUT2D eigenvalue weighted by molar-refractivity contribution is 0.0490. The van der Waals surface area contributed by atoms with Crippen LogP contribution in [0.1, 0.15) is 58.7 Å². The Kier molecular flexibility index (Phi) is 6.17. The Labute approximate surface area is 251 Å². The minimum Gasteiger partial charge on any atom is -0.376 e. The van der Waals surface area contributed by atoms with E-state index in [2.05, 4.69) is 69.1 Å². The molecular formula is C36H28Br2O2. The first-order valence-corrected chi connectivity index (χ1v) is 15.4. The molecular weight excluding hydrogens is 624 g/mol. The maximum Gasteiger partial charge on any atom is 0.143 e. The smallest absolute Gasteiger partial charge is 0.143 e. The number of aryl methyl sites for hydroxylation is 1. The van der Waals surface area contributed by atoms with Crippen LogP contribution in [0.3, 0.4) is 0 Å². The molecule has 0 amide bonds. The number of unbranched alkanes of at least 4 members (excludes halogenated alkanes) is 1. The van der Waals surface area contributed by atoms with Crippen LogP contribution < -0.4 is 0 Å². The normalized spacial score (nSPS) is 20.1. The van der Waals surface area contributed by atoms with Crippen molar-refractivity contribution in [2.45, 2.75) is 37.4 Å². The van der Waals surface area contributed by atoms with Gasteiger partial charge in [-0.25, -0.2) is 0 Å². The maximum atomic E-state index is 13.4. The van der Waals surface area contributed by atoms with Crippen LogP contribution in [-0.4, -0.2) is 10.2 Å². The lowest BCUT2D eigenvalue weighted by Gasteiger charge is -2.54. The van der Waals surface area contributed by atoms with E-state index < -0.39 is 11.2 Å². The fourth-order valence-corrected chi connectivity index (χ4v) is 8.30. The van der Waals surface area contributed by atoms with Crippen molar-refractivity contribution in [2.75, 3.05) is 0 Å². The average Bonchev–Trinajstić information content (AvgIpc) is 2.98. The minimum atomic E-state index is -1.49. The van der Waals surface area contributed by atoms with Gasteiger partial charge in [0.1, 0.15) is 11.2 Å². The third-order valence-electron chi connectivity index (χ3n) is 8.61. The standard InChI is InChI=1S/C36H28Br2O2/c1-2-3-12-24-21-25(22-13-6-4-7-14-22)31-34(30(24)23-15-8-5-9-16-23)36(40)27-18-11-19-28(37)32(27)35(31,39)26-17-10-20-29(38)33(26)36/h4-11,13-21,39-40H,2-3,12H2,1H3. The highest BCUT2D eigenvalue weighted by molar-refractivity contribution is 9.10. The zero-order valence-corrected chi connectivity index (χ0v) is 25.3. The van der Waals surface area contributed by atoms with Gasteiger partial charge in [0.05, 0.1) is 0 Å². The van der Waals surface area contributed by atoms with Crippen LogP contribution >= 0.6 is 31.9 Å². The molecule has 0 radical (unpaired) electrons. The van der Waals surface area contributed by atoms with E-state index >= 15 is 0 Å². The molecule has 0 heterocycles. The molecule has 2 bridgehead atoms. The van der Waals surface area contributed by atoms with Crippen molar-refractivity contribution in [1.29, 1.82) is 0 Å². The van der Waals surface area contributed by atoms with E-state index in [9.17, 15) is 10.2 Å². The predicted octanol–water partition coefficient (Wildman–Crippen LogP) is 9.08. The molecule has 0 saturated carbocycles. The highest BCUT2D eigenvalue weighted by Gasteiger charge is 2.61. The van der Waals surface area contributed by atoms with E-state index in [1.54, 1.807) is 0 Å². The zero-order valence-electron chi connectivity index (χ0n) is 22.1. The highest BCUT2D eigenvalue weighted by Crippen LogP contribution is 2.66. The molecule has 8 rings (SSSR count). The third kappa shape index (κ3) is 3.40. The summed E-state index contributed by atoms with van der Waals surface area (Å²) in [6.45, 7) is 2.21. The summed E-state index contributed by atoms with van der Waals surface area (Å²) in [6, 6.07) is 34.6. The summed E-state index contributed by atoms with van der Waals surface area (Å²) in [5, 5.41) is 26.7. The largest absolute Gasteiger partial charge is 0.376 e. The molecule has 0 saturated heterocycles. The quantitative estimate of drug-likeness (QED) is 0.199. The van der Waals surface area contributed by atoms with Crippen LogP contribution in [0.25, 0.3) is 22.3 Å². The Morgan fingerprint density at radius 1 is 0.600 bits per heavy atom. The first-order valence-electron chi connectivity index (χ1n) is 13.8. The fourth-order valence-electron chi connectivity index (χ4n) is 7.00. The van der Waals surface area contributed by atoms with Gasteiger partial charge in [0, 0.05) is 42.3 Å². The molecule has 2 N–H and O–H groups in total. The maximum absolute atomic E-state index is 13.4. The Bertz CT molecular complexity index is 1780. The van der Waals surface area contributed by atoms with Gasteiger partial charge in [-0.3, -0.25) is 0 Å². The molecule has 0 spiro atoms. The summed E-state index contributed by atoms with van der Waals surface area (Å²) in [5.74, 6) is 0. The molecule has 2 nitrogen and oxygen atoms in total. The van der Waals surface area contributed by atoms with Crippen LogP contribution in [-0.2, 0) is 17.6 Å². The minimum absolute atomic E-state index is 0.702. The molecule has 3 aliphatic carbocycles. The fraction of sp³-hybridized carbons (Fsp3) is 0.167. The number of aliphatic hydroxyl groups is 2. The number of benzene rings is 5. The molecule has 0 aromatic heterocycles. The van der Waals surface area contributed by atoms with Crippen molar-refractivity contribution in [2.24, 2.45) is 0 Å². The van der Waals surface area contributed by atoms with Gasteiger partial charge in [-0.2, -0.15) is 0 Å². The van der Waals surface area contributed by atoms with Crippen LogP contribution in [0.4, 0.5) is 0 Å². The second-order valence-corrected chi connectivity index (χ2v) is 12.5. The molecule has 5 aromatic carbocycles. The molecule has 0 aliphatic heterocycles. The second-order valence-electron chi connectivity index (χ2n) is 10.8. The van der Waals surface area contributed by atoms with Crippen molar-refractivity contribution in [1.82, 2.24) is 0 Å². The molecule has 3 aliphatic rings. The number of halogens is 2. The van der Waals surface area contributed by atoms with Gasteiger partial charge < -0.3 is 10.2 Å². The lowest BCUT2D eigenvalue weighted by atomic mass is 9.53. The van der Waals surface area contributed by atoms with Crippen LogP contribution in [0, 0.1) is 0 Å². The molecule has 198 valence electrons. The predicted molar refractivity (Wildman–Crippen MR) is 168 cm³/mol. The zero-order chi connectivity index (χ0) is 27.6. The Morgan fingerprint density at radius 3 is 1.68 bits per heavy atom. The third-order valence-corrected chi connectivity index (χ3v) is 9.93. The number of rotatable bonds is 5. The van der Waals surface area contributed by atoms with E-state index in [-0.39, 0.29) is 0 Å². The van der Waals surface area contributed by atoms with Crippen LogP contribution in [0.2, 0.25) is 0 Å². The van der Waals surface area contributed by atoms with E-state index in [4.69, 9.17) is 0 Å². The van der Waals surface area contributed by atoms with Crippen LogP contribution in [0.5, 0.6) is 0 Å². The Hall–Kier alpha value is -3.02. The summed E-state index contributed by atoms with van der Waals surface area (Å²) in [5.41, 5.74) is 6.57. The first kappa shape index (κ1) is 25.9. The van der Waals surface area contributed by atoms with Gasteiger partial charge in [0.15, 0.2) is 0 Å². The van der Waals surface area contributed by atoms with E-state index in [0.717, 1.165) is 61.6 Å². The van der Waals surface area contributed by atoms with Crippen molar-refractivity contribution >= 4 is 31.9 Å². The number of hydrogen-bond donors (Lipinski definition) is 2. The van der Waals surface area contributed by atoms with Crippen molar-refractivity contribution < 1.29 is 10.2 Å². The van der Waals surface area contributed by atoms with Gasteiger partial charge in [-0.1, -0.05) is 136 Å². The highest BCUT2D eigenvalue weighted by atomic mass is 79.9. The monoisotopic (exact) mass is 650 g/mol. The van der Waals surface area contributed by atoms with E-state index in [0.29, 0.717) is 22.3 Å². The van der Waals surface area contributed by atoms with E-state index in [1.165, 1.54) is 5.56 Å². The van der Waals surface area contributed by atoms with Gasteiger partial charge in [-0.05, 0) is 52.8 Å². The topological polar surface area (TPSA) is 40.5 Å². The second kappa shape index (κ2) is 9.53. The van der Waals surface area contributed by atoms with E-state index in [1.807, 2.05) is 72.8 Å². The summed E-state index contributed by atoms with van der Waals surface area (Å²) >= 11 is 7.56. The Morgan fingerprint density at radius 2 is 1.12 bits per heavy atom. The first-order chi connectivity index (χ1) is 19.4. The Balaban J connectivity index is 1.75. The lowest BCUT2D eigenvalue weighted by Crippen LogP contribution is -2.52. The summed E-state index contributed by atoms with van der Waals surface area (Å²) in [4.78, 5) is 0. The molecule has 2 atom stereocenters. The van der Waals surface area contributed by atoms with Crippen molar-refractivity contribution in [3.63, 3.8) is 0 Å². The van der Waals surface area contributed by atoms with Gasteiger partial charge in [0.2, 0.25) is 0 Å². The average molecular weight is 652 g/mol. The van der Waals surface area contributed by atoms with Gasteiger partial charge in [-0.15, -0.1) is 0 Å². The molecule has 40 heavy (non-hydrogen) atoms. The van der Waals surface area contributed by atoms with Crippen molar-refractivity contribution in [3.05, 3.63) is 151 Å². The van der Waals surface area contributed by atoms with Crippen LogP contribution in [0.15, 0.2) is 112 Å².